The highest BCUT2D eigenvalue weighted by atomic mass is 15.0. The van der Waals surface area contributed by atoms with Gasteiger partial charge in [-0.2, -0.15) is 0 Å². The lowest BCUT2D eigenvalue weighted by molar-refractivity contribution is 0.402. The van der Waals surface area contributed by atoms with Crippen LogP contribution in [0.15, 0.2) is 36.4 Å². The molecule has 2 heterocycles. The highest BCUT2D eigenvalue weighted by Crippen LogP contribution is 2.52. The lowest BCUT2D eigenvalue weighted by Gasteiger charge is -2.23. The van der Waals surface area contributed by atoms with Crippen LogP contribution in [0.1, 0.15) is 77.3 Å². The lowest BCUT2D eigenvalue weighted by Crippen LogP contribution is -2.18. The maximum atomic E-state index is 5.27. The molecular formula is C27H32N2. The molecule has 0 saturated carbocycles. The first-order valence-electron chi connectivity index (χ1n) is 10.8. The van der Waals surface area contributed by atoms with Crippen LogP contribution in [0.3, 0.4) is 0 Å². The van der Waals surface area contributed by atoms with E-state index in [0.29, 0.717) is 0 Å². The first-order valence-corrected chi connectivity index (χ1v) is 10.8. The average Bonchev–Trinajstić information content (AvgIpc) is 3.07. The summed E-state index contributed by atoms with van der Waals surface area (Å²) in [5.74, 6) is 0. The fraction of sp³-hybridized carbons (Fsp3) is 0.444. The molecule has 1 aliphatic carbocycles. The van der Waals surface area contributed by atoms with E-state index in [0.717, 1.165) is 11.2 Å². The Labute approximate surface area is 174 Å². The van der Waals surface area contributed by atoms with E-state index in [9.17, 15) is 0 Å². The lowest BCUT2D eigenvalue weighted by atomic mass is 9.81. The Balaban J connectivity index is 2.05. The molecule has 0 atom stereocenters. The normalized spacial score (nSPS) is 18.1. The molecule has 4 aromatic rings. The molecule has 0 amide bonds. The van der Waals surface area contributed by atoms with Gasteiger partial charge in [-0.1, -0.05) is 72.7 Å². The third-order valence-corrected chi connectivity index (χ3v) is 6.99. The van der Waals surface area contributed by atoms with Gasteiger partial charge in [0.1, 0.15) is 5.65 Å². The van der Waals surface area contributed by atoms with Crippen LogP contribution in [-0.2, 0) is 16.2 Å². The summed E-state index contributed by atoms with van der Waals surface area (Å²) in [7, 11) is 0. The molecule has 2 nitrogen and oxygen atoms in total. The van der Waals surface area contributed by atoms with Gasteiger partial charge < -0.3 is 0 Å². The first-order chi connectivity index (χ1) is 13.4. The number of fused-ring (bicyclic) bond motifs is 6. The number of pyridine rings is 1. The molecular weight excluding hydrogens is 352 g/mol. The molecule has 0 unspecified atom stereocenters. The molecule has 2 aromatic carbocycles. The van der Waals surface area contributed by atoms with Gasteiger partial charge in [-0.05, 0) is 58.4 Å². The predicted octanol–water partition coefficient (Wildman–Crippen LogP) is 7.21. The number of nitrogens with zero attached hydrogens (tertiary/aromatic N) is 2. The molecule has 0 fully saturated rings. The molecule has 0 N–H and O–H groups in total. The third kappa shape index (κ3) is 2.44. The van der Waals surface area contributed by atoms with Crippen LogP contribution in [0.4, 0.5) is 0 Å². The standard InChI is InChI=1S/C27H32N2/c1-16-22-19(26(5,6)15-27(22,7)8)14-20-23(16)28-24-18-12-10-9-11-17(18)13-21(29(20)24)25(2,3)4/h9-14H,15H2,1-8H3. The zero-order valence-electron chi connectivity index (χ0n) is 19.1. The van der Waals surface area contributed by atoms with Gasteiger partial charge in [0.05, 0.1) is 11.0 Å². The molecule has 1 aliphatic rings. The summed E-state index contributed by atoms with van der Waals surface area (Å²) in [6, 6.07) is 13.5. The molecule has 2 aromatic heterocycles. The van der Waals surface area contributed by atoms with Crippen molar-refractivity contribution < 1.29 is 0 Å². The largest absolute Gasteiger partial charge is 0.296 e. The summed E-state index contributed by atoms with van der Waals surface area (Å²) in [4.78, 5) is 5.27. The van der Waals surface area contributed by atoms with E-state index < -0.39 is 0 Å². The summed E-state index contributed by atoms with van der Waals surface area (Å²) in [5.41, 5.74) is 9.60. The molecule has 0 saturated heterocycles. The van der Waals surface area contributed by atoms with Crippen molar-refractivity contribution in [3.05, 3.63) is 58.8 Å². The van der Waals surface area contributed by atoms with Crippen LogP contribution in [0.2, 0.25) is 0 Å². The van der Waals surface area contributed by atoms with Crippen LogP contribution in [0.25, 0.3) is 27.5 Å². The van der Waals surface area contributed by atoms with Crippen molar-refractivity contribution in [2.24, 2.45) is 0 Å². The van der Waals surface area contributed by atoms with Gasteiger partial charge >= 0.3 is 0 Å². The van der Waals surface area contributed by atoms with Gasteiger partial charge in [0.25, 0.3) is 0 Å². The van der Waals surface area contributed by atoms with E-state index >= 15 is 0 Å². The first kappa shape index (κ1) is 18.7. The van der Waals surface area contributed by atoms with Gasteiger partial charge in [-0.3, -0.25) is 4.40 Å². The number of hydrogen-bond donors (Lipinski definition) is 0. The maximum absolute atomic E-state index is 5.27. The molecule has 0 spiro atoms. The minimum atomic E-state index is 0.0254. The second-order valence-corrected chi connectivity index (χ2v) is 11.4. The third-order valence-electron chi connectivity index (χ3n) is 6.99. The number of hydrogen-bond acceptors (Lipinski definition) is 1. The van der Waals surface area contributed by atoms with Crippen LogP contribution >= 0.6 is 0 Å². The Morgan fingerprint density at radius 1 is 0.966 bits per heavy atom. The molecule has 29 heavy (non-hydrogen) atoms. The van der Waals surface area contributed by atoms with Gasteiger partial charge in [0.15, 0.2) is 0 Å². The molecule has 2 heteroatoms. The summed E-state index contributed by atoms with van der Waals surface area (Å²) in [6.45, 7) is 18.8. The van der Waals surface area contributed by atoms with E-state index in [1.165, 1.54) is 45.1 Å². The summed E-state index contributed by atoms with van der Waals surface area (Å²) in [5, 5.41) is 2.50. The highest BCUT2D eigenvalue weighted by molar-refractivity contribution is 6.00. The Kier molecular flexibility index (Phi) is 3.48. The van der Waals surface area contributed by atoms with Gasteiger partial charge in [0, 0.05) is 16.5 Å². The summed E-state index contributed by atoms with van der Waals surface area (Å²) in [6.07, 6.45) is 1.18. The van der Waals surface area contributed by atoms with Gasteiger partial charge in [-0.15, -0.1) is 0 Å². The van der Waals surface area contributed by atoms with Crippen molar-refractivity contribution >= 4 is 27.5 Å². The van der Waals surface area contributed by atoms with Crippen molar-refractivity contribution in [2.75, 3.05) is 0 Å². The molecule has 0 aliphatic heterocycles. The van der Waals surface area contributed by atoms with Crippen molar-refractivity contribution in [1.82, 2.24) is 9.38 Å². The predicted molar refractivity (Wildman–Crippen MR) is 124 cm³/mol. The van der Waals surface area contributed by atoms with Crippen LogP contribution in [0.5, 0.6) is 0 Å². The number of aryl methyl sites for hydroxylation is 1. The Bertz CT molecular complexity index is 1310. The SMILES string of the molecule is Cc1c2c(cc3c1nc1c4ccccc4cc(C(C)(C)C)n31)C(C)(C)CC2(C)C. The molecule has 150 valence electrons. The minimum Gasteiger partial charge on any atom is -0.296 e. The summed E-state index contributed by atoms with van der Waals surface area (Å²) >= 11 is 0. The zero-order chi connectivity index (χ0) is 20.9. The molecule has 5 rings (SSSR count). The summed E-state index contributed by atoms with van der Waals surface area (Å²) < 4.78 is 2.44. The quantitative estimate of drug-likeness (QED) is 0.313. The second-order valence-electron chi connectivity index (χ2n) is 11.4. The van der Waals surface area contributed by atoms with E-state index in [1.807, 2.05) is 0 Å². The second kappa shape index (κ2) is 5.41. The van der Waals surface area contributed by atoms with E-state index in [-0.39, 0.29) is 16.2 Å². The number of benzene rings is 2. The van der Waals surface area contributed by atoms with Crippen LogP contribution < -0.4 is 0 Å². The van der Waals surface area contributed by atoms with Crippen LogP contribution in [0, 0.1) is 6.92 Å². The van der Waals surface area contributed by atoms with E-state index in [4.69, 9.17) is 4.98 Å². The topological polar surface area (TPSA) is 17.3 Å². The fourth-order valence-corrected chi connectivity index (χ4v) is 6.08. The Morgan fingerprint density at radius 2 is 1.66 bits per heavy atom. The smallest absolute Gasteiger partial charge is 0.146 e. The van der Waals surface area contributed by atoms with Crippen molar-refractivity contribution in [3.63, 3.8) is 0 Å². The van der Waals surface area contributed by atoms with Crippen LogP contribution in [-0.4, -0.2) is 9.38 Å². The van der Waals surface area contributed by atoms with Crippen molar-refractivity contribution in [3.8, 4) is 0 Å². The Morgan fingerprint density at radius 3 is 2.34 bits per heavy atom. The monoisotopic (exact) mass is 384 g/mol. The number of imidazole rings is 1. The van der Waals surface area contributed by atoms with Gasteiger partial charge in [0.2, 0.25) is 0 Å². The van der Waals surface area contributed by atoms with E-state index in [1.54, 1.807) is 0 Å². The fourth-order valence-electron chi connectivity index (χ4n) is 6.08. The number of aromatic nitrogens is 2. The number of rotatable bonds is 0. The minimum absolute atomic E-state index is 0.0254. The Hall–Kier alpha value is -2.35. The average molecular weight is 385 g/mol. The molecule has 0 bridgehead atoms. The van der Waals surface area contributed by atoms with E-state index in [2.05, 4.69) is 96.2 Å². The molecule has 0 radical (unpaired) electrons. The highest BCUT2D eigenvalue weighted by Gasteiger charge is 2.43. The van der Waals surface area contributed by atoms with Crippen molar-refractivity contribution in [2.45, 2.75) is 78.1 Å². The maximum Gasteiger partial charge on any atom is 0.146 e. The van der Waals surface area contributed by atoms with Crippen molar-refractivity contribution in [1.29, 1.82) is 0 Å². The zero-order valence-corrected chi connectivity index (χ0v) is 19.1. The van der Waals surface area contributed by atoms with Gasteiger partial charge in [-0.25, -0.2) is 4.98 Å².